The van der Waals surface area contributed by atoms with Crippen molar-refractivity contribution in [2.45, 2.75) is 329 Å². The van der Waals surface area contributed by atoms with Crippen molar-refractivity contribution in [3.8, 4) is 0 Å². The average molecular weight is 982 g/mol. The van der Waals surface area contributed by atoms with Gasteiger partial charge in [-0.3, -0.25) is 14.4 Å². The Morgan fingerprint density at radius 2 is 0.514 bits per heavy atom. The van der Waals surface area contributed by atoms with Crippen molar-refractivity contribution >= 4 is 17.9 Å². The van der Waals surface area contributed by atoms with Crippen LogP contribution in [0.1, 0.15) is 323 Å². The number of allylic oxidation sites excluding steroid dienone is 8. The molecule has 0 bridgehead atoms. The van der Waals surface area contributed by atoms with Crippen molar-refractivity contribution in [3.63, 3.8) is 0 Å². The Balaban J connectivity index is 4.36. The minimum Gasteiger partial charge on any atom is -0.462 e. The van der Waals surface area contributed by atoms with E-state index in [1.165, 1.54) is 205 Å². The molecule has 6 heteroatoms. The summed E-state index contributed by atoms with van der Waals surface area (Å²) in [7, 11) is 0. The summed E-state index contributed by atoms with van der Waals surface area (Å²) in [6.45, 7) is 6.65. The molecule has 0 aliphatic heterocycles. The molecule has 0 radical (unpaired) electrons. The van der Waals surface area contributed by atoms with Crippen LogP contribution in [0.15, 0.2) is 48.6 Å². The first-order valence-corrected chi connectivity index (χ1v) is 30.6. The van der Waals surface area contributed by atoms with Gasteiger partial charge in [-0.05, 0) is 83.5 Å². The second-order valence-electron chi connectivity index (χ2n) is 20.6. The van der Waals surface area contributed by atoms with Crippen molar-refractivity contribution < 1.29 is 28.6 Å². The van der Waals surface area contributed by atoms with Crippen LogP contribution in [0.3, 0.4) is 0 Å². The van der Waals surface area contributed by atoms with E-state index in [0.717, 1.165) is 77.0 Å². The third-order valence-corrected chi connectivity index (χ3v) is 13.6. The highest BCUT2D eigenvalue weighted by Gasteiger charge is 2.19. The number of unbranched alkanes of at least 4 members (excludes halogenated alkanes) is 37. The summed E-state index contributed by atoms with van der Waals surface area (Å²) >= 11 is 0. The molecule has 408 valence electrons. The van der Waals surface area contributed by atoms with Gasteiger partial charge in [-0.2, -0.15) is 0 Å². The smallest absolute Gasteiger partial charge is 0.306 e. The van der Waals surface area contributed by atoms with Gasteiger partial charge in [0.2, 0.25) is 0 Å². The van der Waals surface area contributed by atoms with E-state index in [0.29, 0.717) is 19.3 Å². The largest absolute Gasteiger partial charge is 0.462 e. The molecule has 0 N–H and O–H groups in total. The van der Waals surface area contributed by atoms with Gasteiger partial charge in [0.25, 0.3) is 0 Å². The second-order valence-corrected chi connectivity index (χ2v) is 20.6. The minimum absolute atomic E-state index is 0.0759. The van der Waals surface area contributed by atoms with Gasteiger partial charge in [0.15, 0.2) is 6.10 Å². The van der Waals surface area contributed by atoms with Crippen LogP contribution in [-0.4, -0.2) is 37.2 Å². The molecule has 0 aromatic heterocycles. The summed E-state index contributed by atoms with van der Waals surface area (Å²) in [6.07, 6.45) is 72.4. The highest BCUT2D eigenvalue weighted by Crippen LogP contribution is 2.16. The number of ether oxygens (including phenoxy) is 3. The Labute approximate surface area is 435 Å². The number of esters is 3. The molecular formula is C64H116O6. The fourth-order valence-corrected chi connectivity index (χ4v) is 8.92. The second kappa shape index (κ2) is 58.9. The molecule has 0 aromatic carbocycles. The monoisotopic (exact) mass is 981 g/mol. The maximum Gasteiger partial charge on any atom is 0.306 e. The lowest BCUT2D eigenvalue weighted by Gasteiger charge is -2.18. The molecule has 0 aromatic rings. The zero-order valence-corrected chi connectivity index (χ0v) is 46.8. The van der Waals surface area contributed by atoms with E-state index in [9.17, 15) is 14.4 Å². The lowest BCUT2D eigenvalue weighted by Crippen LogP contribution is -2.30. The van der Waals surface area contributed by atoms with Gasteiger partial charge in [0.05, 0.1) is 0 Å². The first-order valence-electron chi connectivity index (χ1n) is 30.6. The molecule has 1 unspecified atom stereocenters. The zero-order chi connectivity index (χ0) is 50.7. The maximum absolute atomic E-state index is 12.9. The lowest BCUT2D eigenvalue weighted by molar-refractivity contribution is -0.167. The van der Waals surface area contributed by atoms with Gasteiger partial charge in [0.1, 0.15) is 13.2 Å². The molecule has 0 saturated heterocycles. The molecule has 0 spiro atoms. The topological polar surface area (TPSA) is 78.9 Å². The highest BCUT2D eigenvalue weighted by molar-refractivity contribution is 5.71. The SMILES string of the molecule is CCCCCCC/C=C\C/C=C\C/C=C\CCCCCCCCC(=O)OCC(COC(=O)CCCCCCCCCCCCCCC)OC(=O)CCCCCCCCC/C=C\CCCCCCCCC. The van der Waals surface area contributed by atoms with Crippen molar-refractivity contribution in [2.75, 3.05) is 13.2 Å². The summed E-state index contributed by atoms with van der Waals surface area (Å²) in [5.41, 5.74) is 0. The summed E-state index contributed by atoms with van der Waals surface area (Å²) in [5, 5.41) is 0. The first kappa shape index (κ1) is 67.4. The van der Waals surface area contributed by atoms with Crippen molar-refractivity contribution in [1.82, 2.24) is 0 Å². The molecule has 0 heterocycles. The highest BCUT2D eigenvalue weighted by atomic mass is 16.6. The summed E-state index contributed by atoms with van der Waals surface area (Å²) < 4.78 is 16.9. The van der Waals surface area contributed by atoms with Gasteiger partial charge in [-0.1, -0.05) is 268 Å². The van der Waals surface area contributed by atoms with Crippen LogP contribution in [0.4, 0.5) is 0 Å². The van der Waals surface area contributed by atoms with Crippen LogP contribution in [0.2, 0.25) is 0 Å². The molecule has 0 rings (SSSR count). The maximum atomic E-state index is 12.9. The van der Waals surface area contributed by atoms with Crippen molar-refractivity contribution in [3.05, 3.63) is 48.6 Å². The molecule has 0 amide bonds. The van der Waals surface area contributed by atoms with E-state index in [1.54, 1.807) is 0 Å². The summed E-state index contributed by atoms with van der Waals surface area (Å²) in [6, 6.07) is 0. The lowest BCUT2D eigenvalue weighted by atomic mass is 10.0. The molecule has 70 heavy (non-hydrogen) atoms. The van der Waals surface area contributed by atoms with E-state index in [-0.39, 0.29) is 31.1 Å². The Morgan fingerprint density at radius 1 is 0.286 bits per heavy atom. The molecule has 0 saturated carbocycles. The number of carbonyl (C=O) groups excluding carboxylic acids is 3. The quantitative estimate of drug-likeness (QED) is 0.0261. The van der Waals surface area contributed by atoms with E-state index in [2.05, 4.69) is 69.4 Å². The molecule has 6 nitrogen and oxygen atoms in total. The predicted molar refractivity (Wildman–Crippen MR) is 302 cm³/mol. The normalized spacial score (nSPS) is 12.3. The third kappa shape index (κ3) is 56.3. The summed E-state index contributed by atoms with van der Waals surface area (Å²) in [5.74, 6) is -0.876. The van der Waals surface area contributed by atoms with Crippen LogP contribution in [0, 0.1) is 0 Å². The minimum atomic E-state index is -0.779. The zero-order valence-electron chi connectivity index (χ0n) is 46.8. The van der Waals surface area contributed by atoms with Crippen molar-refractivity contribution in [2.24, 2.45) is 0 Å². The Hall–Kier alpha value is -2.63. The van der Waals surface area contributed by atoms with Gasteiger partial charge in [-0.25, -0.2) is 0 Å². The number of hydrogen-bond acceptors (Lipinski definition) is 6. The van der Waals surface area contributed by atoms with Crippen LogP contribution in [0.25, 0.3) is 0 Å². The Kier molecular flexibility index (Phi) is 56.7. The predicted octanol–water partition coefficient (Wildman–Crippen LogP) is 20.6. The van der Waals surface area contributed by atoms with E-state index in [1.807, 2.05) is 0 Å². The van der Waals surface area contributed by atoms with Gasteiger partial charge >= 0.3 is 17.9 Å². The van der Waals surface area contributed by atoms with E-state index < -0.39 is 6.10 Å². The van der Waals surface area contributed by atoms with Gasteiger partial charge in [0, 0.05) is 19.3 Å². The van der Waals surface area contributed by atoms with E-state index >= 15 is 0 Å². The van der Waals surface area contributed by atoms with Crippen LogP contribution < -0.4 is 0 Å². The van der Waals surface area contributed by atoms with Crippen molar-refractivity contribution in [1.29, 1.82) is 0 Å². The van der Waals surface area contributed by atoms with Crippen LogP contribution in [0.5, 0.6) is 0 Å². The molecule has 0 aliphatic carbocycles. The van der Waals surface area contributed by atoms with Crippen LogP contribution >= 0.6 is 0 Å². The Bertz CT molecular complexity index is 1220. The third-order valence-electron chi connectivity index (χ3n) is 13.6. The van der Waals surface area contributed by atoms with E-state index in [4.69, 9.17) is 14.2 Å². The van der Waals surface area contributed by atoms with Crippen LogP contribution in [-0.2, 0) is 28.6 Å². The number of carbonyl (C=O) groups is 3. The molecule has 1 atom stereocenters. The summed E-state index contributed by atoms with van der Waals surface area (Å²) in [4.78, 5) is 38.2. The van der Waals surface area contributed by atoms with Gasteiger partial charge < -0.3 is 14.2 Å². The number of rotatable bonds is 56. The standard InChI is InChI=1S/C64H116O6/c1-4-7-10-13-16-19-22-25-27-29-31-32-33-35-36-39-42-45-48-51-54-57-63(66)69-60-61(59-68-62(65)56-53-50-47-44-41-38-24-21-18-15-12-9-6-3)70-64(67)58-55-52-49-46-43-40-37-34-30-28-26-23-20-17-14-11-8-5-2/h22,25,28-31,33,35,61H,4-21,23-24,26-27,32,34,36-60H2,1-3H3/b25-22-,30-28-,31-29-,35-33-. The fourth-order valence-electron chi connectivity index (χ4n) is 8.92. The molecule has 0 aliphatic rings. The molecular weight excluding hydrogens is 865 g/mol. The molecule has 0 fully saturated rings. The number of hydrogen-bond donors (Lipinski definition) is 0. The Morgan fingerprint density at radius 3 is 0.814 bits per heavy atom. The first-order chi connectivity index (χ1) is 34.5. The average Bonchev–Trinajstić information content (AvgIpc) is 3.36. The fraction of sp³-hybridized carbons (Fsp3) is 0.828. The van der Waals surface area contributed by atoms with Gasteiger partial charge in [-0.15, -0.1) is 0 Å².